The van der Waals surface area contributed by atoms with Crippen LogP contribution in [0.3, 0.4) is 0 Å². The van der Waals surface area contributed by atoms with E-state index in [2.05, 4.69) is 0 Å². The van der Waals surface area contributed by atoms with Crippen molar-refractivity contribution >= 4 is 23.6 Å². The number of carbonyl (C=O) groups is 1. The first-order chi connectivity index (χ1) is 10.0. The summed E-state index contributed by atoms with van der Waals surface area (Å²) in [4.78, 5) is 14.2. The molecule has 5 heteroatoms. The van der Waals surface area contributed by atoms with Gasteiger partial charge in [0.05, 0.1) is 11.7 Å². The number of hydrogen-bond donors (Lipinski definition) is 1. The zero-order valence-corrected chi connectivity index (χ0v) is 12.6. The molecule has 2 unspecified atom stereocenters. The summed E-state index contributed by atoms with van der Waals surface area (Å²) in [5.41, 5.74) is 1.43. The predicted molar refractivity (Wildman–Crippen MR) is 81.3 cm³/mol. The van der Waals surface area contributed by atoms with Crippen LogP contribution in [0, 0.1) is 5.92 Å². The molecule has 2 aliphatic rings. The van der Waals surface area contributed by atoms with Crippen LogP contribution in [0.1, 0.15) is 18.9 Å². The Kier molecular flexibility index (Phi) is 3.91. The van der Waals surface area contributed by atoms with E-state index in [-0.39, 0.29) is 18.4 Å². The van der Waals surface area contributed by atoms with E-state index < -0.39 is 6.10 Å². The molecular weight excluding hydrogens is 290 g/mol. The second-order valence-corrected chi connectivity index (χ2v) is 6.16. The summed E-state index contributed by atoms with van der Waals surface area (Å²) in [5.74, 6) is 0.917. The number of fused-ring (bicyclic) bond motifs is 1. The van der Waals surface area contributed by atoms with Gasteiger partial charge in [-0.05, 0) is 36.6 Å². The first-order valence-electron chi connectivity index (χ1n) is 7.15. The number of benzene rings is 1. The predicted octanol–water partition coefficient (Wildman–Crippen LogP) is 2.35. The quantitative estimate of drug-likeness (QED) is 0.866. The van der Waals surface area contributed by atoms with E-state index in [0.717, 1.165) is 17.7 Å². The van der Waals surface area contributed by atoms with Gasteiger partial charge in [0.2, 0.25) is 0 Å². The van der Waals surface area contributed by atoms with Gasteiger partial charge in [0.15, 0.2) is 0 Å². The third-order valence-electron chi connectivity index (χ3n) is 4.17. The third kappa shape index (κ3) is 2.92. The summed E-state index contributed by atoms with van der Waals surface area (Å²) in [5, 5.41) is 10.5. The minimum Gasteiger partial charge on any atom is -0.488 e. The van der Waals surface area contributed by atoms with E-state index in [1.807, 2.05) is 19.1 Å². The molecule has 1 amide bonds. The number of ether oxygens (including phenoxy) is 1. The highest BCUT2D eigenvalue weighted by molar-refractivity contribution is 6.30. The third-order valence-corrected chi connectivity index (χ3v) is 4.40. The van der Waals surface area contributed by atoms with Crippen LogP contribution in [0.5, 0.6) is 5.75 Å². The smallest absolute Gasteiger partial charge is 0.253 e. The molecule has 2 aliphatic heterocycles. The lowest BCUT2D eigenvalue weighted by atomic mass is 9.95. The largest absolute Gasteiger partial charge is 0.488 e. The minimum absolute atomic E-state index is 0.0634. The second-order valence-electron chi connectivity index (χ2n) is 5.72. The lowest BCUT2D eigenvalue weighted by Crippen LogP contribution is -2.46. The number of hydrogen-bond acceptors (Lipinski definition) is 3. The molecule has 0 bridgehead atoms. The van der Waals surface area contributed by atoms with E-state index in [4.69, 9.17) is 16.3 Å². The second kappa shape index (κ2) is 5.70. The molecule has 0 aromatic heterocycles. The maximum Gasteiger partial charge on any atom is 0.253 e. The van der Waals surface area contributed by atoms with Crippen LogP contribution in [-0.2, 0) is 4.79 Å². The molecule has 0 saturated carbocycles. The van der Waals surface area contributed by atoms with Crippen molar-refractivity contribution in [3.63, 3.8) is 0 Å². The van der Waals surface area contributed by atoms with Crippen LogP contribution >= 0.6 is 11.6 Å². The summed E-state index contributed by atoms with van der Waals surface area (Å²) in [6, 6.07) is 5.36. The van der Waals surface area contributed by atoms with Gasteiger partial charge >= 0.3 is 0 Å². The lowest BCUT2D eigenvalue weighted by molar-refractivity contribution is -0.131. The molecule has 4 nitrogen and oxygen atoms in total. The number of aliphatic hydroxyl groups excluding tert-OH is 1. The number of likely N-dealkylation sites (tertiary alicyclic amines) is 1. The van der Waals surface area contributed by atoms with Crippen LogP contribution in [-0.4, -0.2) is 41.7 Å². The Morgan fingerprint density at radius 3 is 3.05 bits per heavy atom. The Hall–Kier alpha value is -1.52. The molecule has 1 aromatic carbocycles. The van der Waals surface area contributed by atoms with Crippen molar-refractivity contribution in [2.75, 3.05) is 19.7 Å². The maximum atomic E-state index is 12.5. The van der Waals surface area contributed by atoms with E-state index in [1.54, 1.807) is 17.0 Å². The summed E-state index contributed by atoms with van der Waals surface area (Å²) >= 11 is 5.97. The maximum absolute atomic E-state index is 12.5. The number of aliphatic hydroxyl groups is 1. The summed E-state index contributed by atoms with van der Waals surface area (Å²) in [7, 11) is 0. The van der Waals surface area contributed by atoms with Gasteiger partial charge in [0, 0.05) is 23.7 Å². The zero-order valence-electron chi connectivity index (χ0n) is 11.9. The zero-order chi connectivity index (χ0) is 15.0. The molecule has 1 saturated heterocycles. The first-order valence-corrected chi connectivity index (χ1v) is 7.52. The molecule has 1 aromatic rings. The fraction of sp³-hybridized carbons (Fsp3) is 0.438. The Balaban J connectivity index is 1.80. The van der Waals surface area contributed by atoms with Crippen LogP contribution in [0.15, 0.2) is 23.8 Å². The topological polar surface area (TPSA) is 49.8 Å². The molecule has 2 heterocycles. The Morgan fingerprint density at radius 2 is 2.29 bits per heavy atom. The number of piperidine rings is 1. The standard InChI is InChI=1S/C16H18ClNO3/c1-10-4-5-18(8-14(10)19)16(20)12-6-11-7-13(17)2-3-15(11)21-9-12/h2-3,6-7,10,14,19H,4-5,8-9H2,1H3. The van der Waals surface area contributed by atoms with E-state index in [0.29, 0.717) is 23.7 Å². The van der Waals surface area contributed by atoms with Gasteiger partial charge in [-0.15, -0.1) is 0 Å². The molecule has 0 spiro atoms. The number of nitrogens with zero attached hydrogens (tertiary/aromatic N) is 1. The molecule has 1 fully saturated rings. The highest BCUT2D eigenvalue weighted by Crippen LogP contribution is 2.30. The highest BCUT2D eigenvalue weighted by Gasteiger charge is 2.29. The molecule has 3 rings (SSSR count). The Morgan fingerprint density at radius 1 is 1.48 bits per heavy atom. The van der Waals surface area contributed by atoms with Gasteiger partial charge in [-0.25, -0.2) is 0 Å². The van der Waals surface area contributed by atoms with E-state index in [9.17, 15) is 9.90 Å². The average molecular weight is 308 g/mol. The van der Waals surface area contributed by atoms with Gasteiger partial charge in [-0.1, -0.05) is 18.5 Å². The van der Waals surface area contributed by atoms with Crippen molar-refractivity contribution in [1.29, 1.82) is 0 Å². The SMILES string of the molecule is CC1CCN(C(=O)C2=Cc3cc(Cl)ccc3OC2)CC1O. The number of halogens is 1. The highest BCUT2D eigenvalue weighted by atomic mass is 35.5. The van der Waals surface area contributed by atoms with Gasteiger partial charge in [0.1, 0.15) is 12.4 Å². The Labute approximate surface area is 129 Å². The number of β-amino-alcohol motifs (C(OH)–C–C–N with tert-alkyl or cyclic N) is 1. The monoisotopic (exact) mass is 307 g/mol. The van der Waals surface area contributed by atoms with Crippen LogP contribution in [0.2, 0.25) is 5.02 Å². The fourth-order valence-corrected chi connectivity index (χ4v) is 2.89. The van der Waals surface area contributed by atoms with Crippen molar-refractivity contribution in [2.24, 2.45) is 5.92 Å². The van der Waals surface area contributed by atoms with Crippen molar-refractivity contribution in [3.05, 3.63) is 34.4 Å². The molecule has 1 N–H and O–H groups in total. The van der Waals surface area contributed by atoms with Crippen molar-refractivity contribution < 1.29 is 14.6 Å². The first kappa shape index (κ1) is 14.4. The van der Waals surface area contributed by atoms with Crippen LogP contribution < -0.4 is 4.74 Å². The average Bonchev–Trinajstić information content (AvgIpc) is 2.48. The lowest BCUT2D eigenvalue weighted by Gasteiger charge is -2.35. The molecule has 0 radical (unpaired) electrons. The van der Waals surface area contributed by atoms with E-state index in [1.165, 1.54) is 0 Å². The van der Waals surface area contributed by atoms with Crippen molar-refractivity contribution in [1.82, 2.24) is 4.90 Å². The summed E-state index contributed by atoms with van der Waals surface area (Å²) < 4.78 is 5.61. The molecule has 0 aliphatic carbocycles. The minimum atomic E-state index is -0.450. The van der Waals surface area contributed by atoms with Crippen LogP contribution in [0.4, 0.5) is 0 Å². The number of rotatable bonds is 1. The normalized spacial score (nSPS) is 24.9. The van der Waals surface area contributed by atoms with Gasteiger partial charge in [0.25, 0.3) is 5.91 Å². The molecule has 112 valence electrons. The Bertz CT molecular complexity index is 599. The van der Waals surface area contributed by atoms with Crippen LogP contribution in [0.25, 0.3) is 6.08 Å². The summed E-state index contributed by atoms with van der Waals surface area (Å²) in [6.45, 7) is 3.33. The van der Waals surface area contributed by atoms with Crippen molar-refractivity contribution in [3.8, 4) is 5.75 Å². The summed E-state index contributed by atoms with van der Waals surface area (Å²) in [6.07, 6.45) is 2.20. The van der Waals surface area contributed by atoms with Gasteiger partial charge in [-0.2, -0.15) is 0 Å². The molecule has 2 atom stereocenters. The van der Waals surface area contributed by atoms with Gasteiger partial charge in [-0.3, -0.25) is 4.79 Å². The van der Waals surface area contributed by atoms with E-state index >= 15 is 0 Å². The van der Waals surface area contributed by atoms with Crippen molar-refractivity contribution in [2.45, 2.75) is 19.4 Å². The fourth-order valence-electron chi connectivity index (χ4n) is 2.71. The number of carbonyl (C=O) groups excluding carboxylic acids is 1. The molecule has 21 heavy (non-hydrogen) atoms. The number of amides is 1. The molecular formula is C16H18ClNO3. The van der Waals surface area contributed by atoms with Gasteiger partial charge < -0.3 is 14.7 Å².